The summed E-state index contributed by atoms with van der Waals surface area (Å²) in [5, 5.41) is 5.04. The van der Waals surface area contributed by atoms with E-state index in [1.807, 2.05) is 0 Å². The molecule has 0 saturated heterocycles. The number of esters is 1. The van der Waals surface area contributed by atoms with E-state index in [2.05, 4.69) is 6.92 Å². The van der Waals surface area contributed by atoms with E-state index in [4.69, 9.17) is 9.88 Å². The molecule has 1 heterocycles. The van der Waals surface area contributed by atoms with E-state index in [1.165, 1.54) is 16.8 Å². The maximum atomic E-state index is 11.8. The average molecular weight is 288 g/mol. The topological polar surface area (TPSA) is 91.4 Å². The maximum Gasteiger partial charge on any atom is 0.354 e. The van der Waals surface area contributed by atoms with Crippen molar-refractivity contribution in [1.29, 1.82) is 0 Å². The Morgan fingerprint density at radius 2 is 2.05 bits per heavy atom. The molecule has 0 amide bonds. The lowest BCUT2D eigenvalue weighted by Gasteiger charge is -2.06. The van der Waals surface area contributed by atoms with Crippen LogP contribution in [0.1, 0.15) is 43.6 Å². The monoisotopic (exact) mass is 288 g/mol. The van der Waals surface area contributed by atoms with Gasteiger partial charge in [-0.1, -0.05) is 19.8 Å². The lowest BCUT2D eigenvalue weighted by Crippen LogP contribution is -2.11. The number of aromatic nitrogens is 1. The van der Waals surface area contributed by atoms with Gasteiger partial charge in [0.25, 0.3) is 0 Å². The highest BCUT2D eigenvalue weighted by atomic mass is 32.2. The van der Waals surface area contributed by atoms with Crippen molar-refractivity contribution in [2.75, 3.05) is 6.61 Å². The van der Waals surface area contributed by atoms with Gasteiger partial charge in [0.05, 0.1) is 6.61 Å². The molecule has 0 unspecified atom stereocenters. The fourth-order valence-electron chi connectivity index (χ4n) is 1.66. The second kappa shape index (κ2) is 6.72. The number of primary sulfonamides is 1. The molecule has 0 aliphatic carbocycles. The van der Waals surface area contributed by atoms with Crippen LogP contribution in [0.5, 0.6) is 0 Å². The SMILES string of the molecule is CCCCCOC(=O)c1cc(S(N)(=O)=O)cn1CC. The van der Waals surface area contributed by atoms with Crippen LogP contribution in [0.3, 0.4) is 0 Å². The zero-order chi connectivity index (χ0) is 14.5. The van der Waals surface area contributed by atoms with Crippen LogP contribution in [0.15, 0.2) is 17.2 Å². The summed E-state index contributed by atoms with van der Waals surface area (Å²) < 4.78 is 29.1. The first kappa shape index (κ1) is 15.7. The number of nitrogens with zero attached hydrogens (tertiary/aromatic N) is 1. The van der Waals surface area contributed by atoms with Crippen LogP contribution >= 0.6 is 0 Å². The highest BCUT2D eigenvalue weighted by molar-refractivity contribution is 7.89. The number of hydrogen-bond acceptors (Lipinski definition) is 4. The van der Waals surface area contributed by atoms with Crippen LogP contribution in [0, 0.1) is 0 Å². The second-order valence-corrected chi connectivity index (χ2v) is 5.80. The fraction of sp³-hybridized carbons (Fsp3) is 0.583. The normalized spacial score (nSPS) is 11.5. The predicted molar refractivity (Wildman–Crippen MR) is 71.3 cm³/mol. The molecule has 0 aliphatic rings. The van der Waals surface area contributed by atoms with Gasteiger partial charge in [-0.15, -0.1) is 0 Å². The van der Waals surface area contributed by atoms with Crippen molar-refractivity contribution in [2.24, 2.45) is 5.14 Å². The van der Waals surface area contributed by atoms with Gasteiger partial charge in [-0.25, -0.2) is 18.4 Å². The van der Waals surface area contributed by atoms with Crippen molar-refractivity contribution in [1.82, 2.24) is 4.57 Å². The van der Waals surface area contributed by atoms with E-state index < -0.39 is 16.0 Å². The largest absolute Gasteiger partial charge is 0.461 e. The Labute approximate surface area is 113 Å². The summed E-state index contributed by atoms with van der Waals surface area (Å²) in [4.78, 5) is 11.8. The average Bonchev–Trinajstić information content (AvgIpc) is 2.78. The van der Waals surface area contributed by atoms with Crippen LogP contribution in [0.4, 0.5) is 0 Å². The summed E-state index contributed by atoms with van der Waals surface area (Å²) >= 11 is 0. The third-order valence-corrected chi connectivity index (χ3v) is 3.61. The van der Waals surface area contributed by atoms with Crippen molar-refractivity contribution >= 4 is 16.0 Å². The molecule has 108 valence electrons. The first-order valence-corrected chi connectivity index (χ1v) is 7.84. The quantitative estimate of drug-likeness (QED) is 0.608. The Bertz CT molecular complexity index is 534. The molecule has 6 nitrogen and oxygen atoms in total. The van der Waals surface area contributed by atoms with Gasteiger partial charge >= 0.3 is 5.97 Å². The van der Waals surface area contributed by atoms with E-state index in [0.717, 1.165) is 19.3 Å². The smallest absolute Gasteiger partial charge is 0.354 e. The van der Waals surface area contributed by atoms with Gasteiger partial charge in [0, 0.05) is 12.7 Å². The molecule has 19 heavy (non-hydrogen) atoms. The highest BCUT2D eigenvalue weighted by Crippen LogP contribution is 2.14. The molecule has 0 bridgehead atoms. The molecule has 1 rings (SSSR count). The summed E-state index contributed by atoms with van der Waals surface area (Å²) in [6, 6.07) is 1.25. The number of carbonyl (C=O) groups excluding carboxylic acids is 1. The molecule has 0 atom stereocenters. The van der Waals surface area contributed by atoms with Crippen molar-refractivity contribution in [3.63, 3.8) is 0 Å². The lowest BCUT2D eigenvalue weighted by molar-refractivity contribution is 0.0486. The molecule has 0 fully saturated rings. The molecule has 0 radical (unpaired) electrons. The molecular weight excluding hydrogens is 268 g/mol. The van der Waals surface area contributed by atoms with Crippen molar-refractivity contribution in [3.8, 4) is 0 Å². The third-order valence-electron chi connectivity index (χ3n) is 2.73. The zero-order valence-electron chi connectivity index (χ0n) is 11.3. The minimum atomic E-state index is -3.81. The van der Waals surface area contributed by atoms with Crippen LogP contribution < -0.4 is 5.14 Å². The Morgan fingerprint density at radius 3 is 2.58 bits per heavy atom. The van der Waals surface area contributed by atoms with E-state index in [1.54, 1.807) is 6.92 Å². The minimum absolute atomic E-state index is 0.0742. The van der Waals surface area contributed by atoms with E-state index in [-0.39, 0.29) is 10.6 Å². The van der Waals surface area contributed by atoms with Gasteiger partial charge in [-0.2, -0.15) is 0 Å². The van der Waals surface area contributed by atoms with Gasteiger partial charge < -0.3 is 9.30 Å². The van der Waals surface area contributed by atoms with E-state index in [9.17, 15) is 13.2 Å². The molecule has 2 N–H and O–H groups in total. The van der Waals surface area contributed by atoms with Gasteiger partial charge in [0.15, 0.2) is 0 Å². The Balaban J connectivity index is 2.81. The lowest BCUT2D eigenvalue weighted by atomic mass is 10.3. The Hall–Kier alpha value is -1.34. The predicted octanol–water partition coefficient (Wildman–Crippen LogP) is 1.50. The van der Waals surface area contributed by atoms with Crippen LogP contribution in [-0.2, 0) is 21.3 Å². The van der Waals surface area contributed by atoms with Gasteiger partial charge in [0.2, 0.25) is 10.0 Å². The van der Waals surface area contributed by atoms with Crippen LogP contribution in [0.2, 0.25) is 0 Å². The van der Waals surface area contributed by atoms with E-state index in [0.29, 0.717) is 13.2 Å². The number of hydrogen-bond donors (Lipinski definition) is 1. The number of aryl methyl sites for hydroxylation is 1. The molecule has 0 aromatic carbocycles. The number of rotatable bonds is 7. The number of carbonyl (C=O) groups is 1. The maximum absolute atomic E-state index is 11.8. The van der Waals surface area contributed by atoms with E-state index >= 15 is 0 Å². The molecule has 1 aromatic heterocycles. The van der Waals surface area contributed by atoms with Crippen molar-refractivity contribution in [3.05, 3.63) is 18.0 Å². The summed E-state index contributed by atoms with van der Waals surface area (Å²) in [5.41, 5.74) is 0.211. The second-order valence-electron chi connectivity index (χ2n) is 4.24. The highest BCUT2D eigenvalue weighted by Gasteiger charge is 2.19. The molecule has 7 heteroatoms. The summed E-state index contributed by atoms with van der Waals surface area (Å²) in [7, 11) is -3.81. The van der Waals surface area contributed by atoms with Gasteiger partial charge in [-0.3, -0.25) is 0 Å². The summed E-state index contributed by atoms with van der Waals surface area (Å²) in [6.45, 7) is 4.67. The number of unbranched alkanes of at least 4 members (excludes halogenated alkanes) is 2. The number of sulfonamides is 1. The molecule has 0 saturated carbocycles. The number of ether oxygens (including phenoxy) is 1. The first-order chi connectivity index (χ1) is 8.90. The van der Waals surface area contributed by atoms with Crippen molar-refractivity contribution < 1.29 is 17.9 Å². The summed E-state index contributed by atoms with van der Waals surface area (Å²) in [5.74, 6) is -0.521. The van der Waals surface area contributed by atoms with Crippen molar-refractivity contribution in [2.45, 2.75) is 44.6 Å². The Morgan fingerprint density at radius 1 is 1.37 bits per heavy atom. The molecule has 1 aromatic rings. The third kappa shape index (κ3) is 4.36. The van der Waals surface area contributed by atoms with Gasteiger partial charge in [-0.05, 0) is 19.4 Å². The Kier molecular flexibility index (Phi) is 5.56. The van der Waals surface area contributed by atoms with Gasteiger partial charge in [0.1, 0.15) is 10.6 Å². The molecular formula is C12H20N2O4S. The zero-order valence-corrected chi connectivity index (χ0v) is 12.1. The van der Waals surface area contributed by atoms with Crippen LogP contribution in [0.25, 0.3) is 0 Å². The number of nitrogens with two attached hydrogens (primary N) is 1. The molecule has 0 spiro atoms. The minimum Gasteiger partial charge on any atom is -0.461 e. The van der Waals surface area contributed by atoms with Crippen LogP contribution in [-0.4, -0.2) is 25.6 Å². The standard InChI is InChI=1S/C12H20N2O4S/c1-3-5-6-7-18-12(15)11-8-10(19(13,16)17)9-14(11)4-2/h8-9H,3-7H2,1-2H3,(H2,13,16,17). The molecule has 0 aliphatic heterocycles. The summed E-state index contributed by atoms with van der Waals surface area (Å²) in [6.07, 6.45) is 4.18. The first-order valence-electron chi connectivity index (χ1n) is 6.30. The fourth-order valence-corrected chi connectivity index (χ4v) is 2.21.